The average molecular weight is 554 g/mol. The summed E-state index contributed by atoms with van der Waals surface area (Å²) in [6, 6.07) is 25.7. The van der Waals surface area contributed by atoms with Crippen LogP contribution in [0.4, 0.5) is 20.6 Å². The van der Waals surface area contributed by atoms with E-state index in [4.69, 9.17) is 9.47 Å². The number of benzene rings is 4. The zero-order valence-corrected chi connectivity index (χ0v) is 22.5. The average Bonchev–Trinajstić information content (AvgIpc) is 3.30. The number of hydrogen-bond donors (Lipinski definition) is 2. The Kier molecular flexibility index (Phi) is 7.96. The number of nitrogens with one attached hydrogen (secondary N) is 2. The van der Waals surface area contributed by atoms with Gasteiger partial charge in [-0.25, -0.2) is 9.18 Å². The van der Waals surface area contributed by atoms with Crippen LogP contribution in [0.1, 0.15) is 33.2 Å². The van der Waals surface area contributed by atoms with E-state index in [9.17, 15) is 18.8 Å². The maximum Gasteiger partial charge on any atom is 0.411 e. The molecule has 9 heteroatoms. The van der Waals surface area contributed by atoms with Crippen molar-refractivity contribution in [1.82, 2.24) is 4.90 Å². The summed E-state index contributed by atoms with van der Waals surface area (Å²) >= 11 is 0. The topological polar surface area (TPSA) is 97.0 Å². The smallest absolute Gasteiger partial charge is 0.411 e. The Morgan fingerprint density at radius 3 is 2.34 bits per heavy atom. The van der Waals surface area contributed by atoms with Crippen molar-refractivity contribution in [3.8, 4) is 5.75 Å². The van der Waals surface area contributed by atoms with Crippen LogP contribution in [0.3, 0.4) is 0 Å². The van der Waals surface area contributed by atoms with E-state index < -0.39 is 30.0 Å². The van der Waals surface area contributed by atoms with Gasteiger partial charge >= 0.3 is 6.09 Å². The summed E-state index contributed by atoms with van der Waals surface area (Å²) in [5.41, 5.74) is 3.59. The molecule has 41 heavy (non-hydrogen) atoms. The minimum Gasteiger partial charge on any atom is -0.496 e. The van der Waals surface area contributed by atoms with E-state index in [1.807, 2.05) is 31.2 Å². The predicted octanol–water partition coefficient (Wildman–Crippen LogP) is 6.10. The minimum atomic E-state index is -1.04. The molecule has 8 nitrogen and oxygen atoms in total. The van der Waals surface area contributed by atoms with Gasteiger partial charge in [0.15, 0.2) is 12.1 Å². The number of cyclic esters (lactones) is 1. The number of ether oxygens (including phenoxy) is 2. The van der Waals surface area contributed by atoms with Gasteiger partial charge < -0.3 is 20.1 Å². The SMILES string of the molecule is COc1ccccc1C(=O)Nc1ccc([C@@H]2OC(=O)N(Cc3ccc(C)cc3)[C@@H]2C(=O)Nc2cccc(F)c2)cc1. The van der Waals surface area contributed by atoms with E-state index in [1.54, 1.807) is 54.6 Å². The van der Waals surface area contributed by atoms with E-state index in [0.29, 0.717) is 22.6 Å². The Morgan fingerprint density at radius 1 is 0.902 bits per heavy atom. The highest BCUT2D eigenvalue weighted by Crippen LogP contribution is 2.35. The van der Waals surface area contributed by atoms with Crippen LogP contribution in [-0.4, -0.2) is 36.0 Å². The molecule has 1 fully saturated rings. The van der Waals surface area contributed by atoms with Gasteiger partial charge in [-0.1, -0.05) is 60.2 Å². The van der Waals surface area contributed by atoms with Crippen molar-refractivity contribution in [2.45, 2.75) is 25.6 Å². The van der Waals surface area contributed by atoms with Crippen molar-refractivity contribution in [2.24, 2.45) is 0 Å². The molecular weight excluding hydrogens is 525 g/mol. The molecule has 0 spiro atoms. The number of carbonyl (C=O) groups excluding carboxylic acids is 3. The van der Waals surface area contributed by atoms with Crippen LogP contribution in [0, 0.1) is 12.7 Å². The number of nitrogens with zero attached hydrogens (tertiary/aromatic N) is 1. The summed E-state index contributed by atoms with van der Waals surface area (Å²) in [7, 11) is 1.49. The molecule has 0 aliphatic carbocycles. The molecule has 2 N–H and O–H groups in total. The number of rotatable bonds is 8. The molecule has 4 aromatic carbocycles. The van der Waals surface area contributed by atoms with Crippen LogP contribution in [0.2, 0.25) is 0 Å². The van der Waals surface area contributed by atoms with Crippen molar-refractivity contribution >= 4 is 29.3 Å². The maximum atomic E-state index is 13.8. The lowest BCUT2D eigenvalue weighted by Crippen LogP contribution is -2.43. The Bertz CT molecular complexity index is 1570. The van der Waals surface area contributed by atoms with Crippen LogP contribution in [0.25, 0.3) is 0 Å². The Balaban J connectivity index is 1.40. The van der Waals surface area contributed by atoms with Crippen molar-refractivity contribution in [2.75, 3.05) is 17.7 Å². The Labute approximate surface area is 236 Å². The van der Waals surface area contributed by atoms with Gasteiger partial charge in [0.25, 0.3) is 11.8 Å². The van der Waals surface area contributed by atoms with Crippen LogP contribution in [-0.2, 0) is 16.1 Å². The number of hydrogen-bond acceptors (Lipinski definition) is 5. The number of para-hydroxylation sites is 1. The lowest BCUT2D eigenvalue weighted by atomic mass is 10.00. The van der Waals surface area contributed by atoms with E-state index in [1.165, 1.54) is 30.2 Å². The highest BCUT2D eigenvalue weighted by atomic mass is 19.1. The minimum absolute atomic E-state index is 0.143. The van der Waals surface area contributed by atoms with Crippen LogP contribution >= 0.6 is 0 Å². The van der Waals surface area contributed by atoms with Gasteiger partial charge in [-0.15, -0.1) is 0 Å². The first-order valence-corrected chi connectivity index (χ1v) is 13.0. The van der Waals surface area contributed by atoms with Crippen molar-refractivity contribution in [3.63, 3.8) is 0 Å². The van der Waals surface area contributed by atoms with Gasteiger partial charge in [-0.05, 0) is 60.5 Å². The first-order chi connectivity index (χ1) is 19.8. The predicted molar refractivity (Wildman–Crippen MR) is 152 cm³/mol. The second-order valence-electron chi connectivity index (χ2n) is 9.64. The monoisotopic (exact) mass is 553 g/mol. The van der Waals surface area contributed by atoms with E-state index in [-0.39, 0.29) is 18.1 Å². The molecule has 0 bridgehead atoms. The van der Waals surface area contributed by atoms with E-state index in [0.717, 1.165) is 11.1 Å². The molecule has 3 amide bonds. The standard InChI is InChI=1S/C32H28FN3O5/c1-20-10-12-21(13-11-20)19-36-28(31(38)35-25-7-5-6-23(33)18-25)29(41-32(36)39)22-14-16-24(17-15-22)34-30(37)26-8-3-4-9-27(26)40-2/h3-18,28-29H,19H2,1-2H3,(H,34,37)(H,35,38)/t28-,29-/m0/s1. The molecule has 1 aliphatic rings. The molecule has 5 rings (SSSR count). The maximum absolute atomic E-state index is 13.8. The number of halogens is 1. The van der Waals surface area contributed by atoms with Gasteiger partial charge in [-0.3, -0.25) is 14.5 Å². The zero-order chi connectivity index (χ0) is 28.9. The Morgan fingerprint density at radius 2 is 1.63 bits per heavy atom. The van der Waals surface area contributed by atoms with Crippen molar-refractivity contribution < 1.29 is 28.2 Å². The molecule has 0 radical (unpaired) electrons. The largest absolute Gasteiger partial charge is 0.496 e. The molecule has 1 heterocycles. The normalized spacial score (nSPS) is 16.2. The van der Waals surface area contributed by atoms with Gasteiger partial charge in [0, 0.05) is 11.4 Å². The molecular formula is C32H28FN3O5. The molecule has 0 saturated carbocycles. The number of methoxy groups -OCH3 is 1. The third-order valence-electron chi connectivity index (χ3n) is 6.77. The van der Waals surface area contributed by atoms with Crippen molar-refractivity contribution in [1.29, 1.82) is 0 Å². The summed E-state index contributed by atoms with van der Waals surface area (Å²) in [5.74, 6) is -0.924. The third kappa shape index (κ3) is 6.19. The first-order valence-electron chi connectivity index (χ1n) is 13.0. The molecule has 0 unspecified atom stereocenters. The van der Waals surface area contributed by atoms with E-state index >= 15 is 0 Å². The molecule has 1 saturated heterocycles. The molecule has 4 aromatic rings. The third-order valence-corrected chi connectivity index (χ3v) is 6.77. The molecule has 2 atom stereocenters. The van der Waals surface area contributed by atoms with E-state index in [2.05, 4.69) is 10.6 Å². The number of carbonyl (C=O) groups is 3. The second kappa shape index (κ2) is 11.9. The van der Waals surface area contributed by atoms with Crippen LogP contribution in [0.5, 0.6) is 5.75 Å². The lowest BCUT2D eigenvalue weighted by Gasteiger charge is -2.24. The highest BCUT2D eigenvalue weighted by molar-refractivity contribution is 6.06. The molecule has 1 aliphatic heterocycles. The summed E-state index contributed by atoms with van der Waals surface area (Å²) in [4.78, 5) is 40.8. The number of aryl methyl sites for hydroxylation is 1. The number of anilines is 2. The quantitative estimate of drug-likeness (QED) is 0.275. The van der Waals surface area contributed by atoms with Crippen LogP contribution < -0.4 is 15.4 Å². The van der Waals surface area contributed by atoms with Gasteiger partial charge in [0.1, 0.15) is 11.6 Å². The second-order valence-corrected chi connectivity index (χ2v) is 9.64. The first kappa shape index (κ1) is 27.4. The lowest BCUT2D eigenvalue weighted by molar-refractivity contribution is -0.121. The van der Waals surface area contributed by atoms with Crippen LogP contribution in [0.15, 0.2) is 97.1 Å². The van der Waals surface area contributed by atoms with Gasteiger partial charge in [0.05, 0.1) is 19.2 Å². The summed E-state index contributed by atoms with van der Waals surface area (Å²) in [5, 5.41) is 5.54. The summed E-state index contributed by atoms with van der Waals surface area (Å²) < 4.78 is 24.8. The number of amides is 3. The zero-order valence-electron chi connectivity index (χ0n) is 22.5. The molecule has 0 aromatic heterocycles. The van der Waals surface area contributed by atoms with Crippen molar-refractivity contribution in [3.05, 3.63) is 125 Å². The van der Waals surface area contributed by atoms with Gasteiger partial charge in [-0.2, -0.15) is 0 Å². The molecule has 208 valence electrons. The summed E-state index contributed by atoms with van der Waals surface area (Å²) in [6.45, 7) is 2.10. The highest BCUT2D eigenvalue weighted by Gasteiger charge is 2.47. The fourth-order valence-corrected chi connectivity index (χ4v) is 4.67. The fourth-order valence-electron chi connectivity index (χ4n) is 4.67. The van der Waals surface area contributed by atoms with Gasteiger partial charge in [0.2, 0.25) is 0 Å². The fraction of sp³-hybridized carbons (Fsp3) is 0.156. The Hall–Kier alpha value is -5.18. The summed E-state index contributed by atoms with van der Waals surface area (Å²) in [6.07, 6.45) is -1.59.